The predicted molar refractivity (Wildman–Crippen MR) is 83.5 cm³/mol. The third kappa shape index (κ3) is 2.54. The Morgan fingerprint density at radius 3 is 2.40 bits per heavy atom. The molecular formula is C14H20BrNO3S. The van der Waals surface area contributed by atoms with Gasteiger partial charge in [0.05, 0.1) is 11.9 Å². The Labute approximate surface area is 128 Å². The molecule has 0 saturated heterocycles. The van der Waals surface area contributed by atoms with Gasteiger partial charge in [0.25, 0.3) is 0 Å². The van der Waals surface area contributed by atoms with Crippen LogP contribution in [0.2, 0.25) is 0 Å². The summed E-state index contributed by atoms with van der Waals surface area (Å²) in [5.74, 6) is 0.0568. The molecule has 0 radical (unpaired) electrons. The quantitative estimate of drug-likeness (QED) is 0.840. The number of methoxy groups -OCH3 is 1. The fourth-order valence-corrected chi connectivity index (χ4v) is 5.53. The minimum absolute atomic E-state index is 0.0782. The second-order valence-electron chi connectivity index (χ2n) is 5.27. The lowest BCUT2D eigenvalue weighted by Crippen LogP contribution is -2.28. The maximum atomic E-state index is 12.3. The molecule has 1 saturated carbocycles. The normalized spacial score (nSPS) is 29.4. The van der Waals surface area contributed by atoms with Gasteiger partial charge in [-0.1, -0.05) is 35.0 Å². The summed E-state index contributed by atoms with van der Waals surface area (Å²) in [7, 11) is -1.56. The van der Waals surface area contributed by atoms with E-state index in [9.17, 15) is 8.42 Å². The molecule has 0 aromatic heterocycles. The van der Waals surface area contributed by atoms with E-state index in [-0.39, 0.29) is 11.7 Å². The Morgan fingerprint density at radius 1 is 1.35 bits per heavy atom. The van der Waals surface area contributed by atoms with Crippen LogP contribution in [0, 0.1) is 5.41 Å². The lowest BCUT2D eigenvalue weighted by molar-refractivity contribution is 0.142. The van der Waals surface area contributed by atoms with Crippen LogP contribution in [-0.4, -0.2) is 39.7 Å². The molecule has 2 N–H and O–H groups in total. The molecule has 1 fully saturated rings. The number of halogens is 1. The van der Waals surface area contributed by atoms with Gasteiger partial charge in [-0.15, -0.1) is 0 Å². The summed E-state index contributed by atoms with van der Waals surface area (Å²) in [5.41, 5.74) is 6.42. The van der Waals surface area contributed by atoms with E-state index in [2.05, 4.69) is 15.9 Å². The molecule has 4 nitrogen and oxygen atoms in total. The fourth-order valence-electron chi connectivity index (χ4n) is 3.12. The van der Waals surface area contributed by atoms with E-state index in [1.165, 1.54) is 0 Å². The van der Waals surface area contributed by atoms with E-state index in [4.69, 9.17) is 10.5 Å². The maximum absolute atomic E-state index is 12.3. The maximum Gasteiger partial charge on any atom is 0.154 e. The molecule has 6 heteroatoms. The third-order valence-electron chi connectivity index (χ3n) is 4.19. The molecule has 0 heterocycles. The summed E-state index contributed by atoms with van der Waals surface area (Å²) in [4.78, 5) is 0. The molecular weight excluding hydrogens is 342 g/mol. The molecule has 1 aromatic rings. The van der Waals surface area contributed by atoms with Crippen molar-refractivity contribution in [2.24, 2.45) is 11.1 Å². The zero-order valence-electron chi connectivity index (χ0n) is 11.7. The molecule has 3 atom stereocenters. The van der Waals surface area contributed by atoms with E-state index in [0.29, 0.717) is 13.2 Å². The molecule has 20 heavy (non-hydrogen) atoms. The van der Waals surface area contributed by atoms with Crippen LogP contribution in [0.15, 0.2) is 28.7 Å². The molecule has 0 spiro atoms. The smallest absolute Gasteiger partial charge is 0.154 e. The molecule has 0 bridgehead atoms. The van der Waals surface area contributed by atoms with Gasteiger partial charge in [-0.05, 0) is 17.7 Å². The molecule has 1 aliphatic rings. The van der Waals surface area contributed by atoms with Crippen LogP contribution < -0.4 is 5.73 Å². The van der Waals surface area contributed by atoms with Crippen LogP contribution in [0.3, 0.4) is 0 Å². The van der Waals surface area contributed by atoms with Crippen LogP contribution in [0.25, 0.3) is 0 Å². The Morgan fingerprint density at radius 2 is 1.95 bits per heavy atom. The number of hydrogen-bond acceptors (Lipinski definition) is 4. The van der Waals surface area contributed by atoms with Gasteiger partial charge >= 0.3 is 0 Å². The van der Waals surface area contributed by atoms with Crippen LogP contribution in [0.5, 0.6) is 0 Å². The van der Waals surface area contributed by atoms with Gasteiger partial charge in [0.2, 0.25) is 0 Å². The highest BCUT2D eigenvalue weighted by Crippen LogP contribution is 2.62. The van der Waals surface area contributed by atoms with E-state index < -0.39 is 20.5 Å². The van der Waals surface area contributed by atoms with E-state index in [1.54, 1.807) is 14.0 Å². The zero-order valence-corrected chi connectivity index (χ0v) is 14.1. The highest BCUT2D eigenvalue weighted by molar-refractivity contribution is 9.10. The minimum atomic E-state index is -3.15. The number of rotatable bonds is 6. The number of ether oxygens (including phenoxy) is 1. The predicted octanol–water partition coefficient (Wildman–Crippen LogP) is 1.94. The molecule has 0 unspecified atom stereocenters. The second-order valence-corrected chi connectivity index (χ2v) is 8.60. The fraction of sp³-hybridized carbons (Fsp3) is 0.571. The Balaban J connectivity index is 2.42. The summed E-state index contributed by atoms with van der Waals surface area (Å²) in [6.45, 7) is 2.36. The van der Waals surface area contributed by atoms with Crippen LogP contribution in [0.1, 0.15) is 18.4 Å². The lowest BCUT2D eigenvalue weighted by Gasteiger charge is -2.14. The zero-order chi connectivity index (χ0) is 15.0. The second kappa shape index (κ2) is 5.75. The van der Waals surface area contributed by atoms with Crippen molar-refractivity contribution >= 4 is 25.8 Å². The van der Waals surface area contributed by atoms with Gasteiger partial charge in [-0.25, -0.2) is 8.42 Å². The Hall–Kier alpha value is -0.430. The average molecular weight is 362 g/mol. The average Bonchev–Trinajstić information content (AvgIpc) is 3.10. The van der Waals surface area contributed by atoms with Crippen LogP contribution >= 0.6 is 15.9 Å². The van der Waals surface area contributed by atoms with Crippen molar-refractivity contribution in [2.75, 3.05) is 26.0 Å². The summed E-state index contributed by atoms with van der Waals surface area (Å²) in [6, 6.07) is 7.77. The molecule has 1 aliphatic carbocycles. The topological polar surface area (TPSA) is 69.4 Å². The first-order chi connectivity index (χ1) is 9.43. The molecule has 0 aliphatic heterocycles. The monoisotopic (exact) mass is 361 g/mol. The van der Waals surface area contributed by atoms with Crippen molar-refractivity contribution in [1.29, 1.82) is 0 Å². The van der Waals surface area contributed by atoms with Crippen molar-refractivity contribution in [3.05, 3.63) is 34.3 Å². The highest BCUT2D eigenvalue weighted by Gasteiger charge is 2.69. The number of benzene rings is 1. The molecule has 1 aromatic carbocycles. The van der Waals surface area contributed by atoms with Gasteiger partial charge in [-0.3, -0.25) is 0 Å². The van der Waals surface area contributed by atoms with Gasteiger partial charge in [-0.2, -0.15) is 0 Å². The largest absolute Gasteiger partial charge is 0.384 e. The summed E-state index contributed by atoms with van der Waals surface area (Å²) < 4.78 is 30.9. The molecule has 2 rings (SSSR count). The van der Waals surface area contributed by atoms with Crippen molar-refractivity contribution < 1.29 is 13.2 Å². The van der Waals surface area contributed by atoms with Crippen LogP contribution in [0.4, 0.5) is 0 Å². The first-order valence-corrected chi connectivity index (χ1v) is 9.10. The number of hydrogen-bond donors (Lipinski definition) is 1. The van der Waals surface area contributed by atoms with Crippen molar-refractivity contribution in [1.82, 2.24) is 0 Å². The van der Waals surface area contributed by atoms with Gasteiger partial charge in [0.1, 0.15) is 0 Å². The Kier molecular flexibility index (Phi) is 4.59. The minimum Gasteiger partial charge on any atom is -0.384 e. The van der Waals surface area contributed by atoms with Gasteiger partial charge < -0.3 is 10.5 Å². The summed E-state index contributed by atoms with van der Waals surface area (Å²) in [6.07, 6.45) is 0. The SMILES string of the molecule is CCS(=O)(=O)[C@@H]1[C@@H](c2ccc(Br)cc2)[C@@]1(CN)COC. The Bertz CT molecular complexity index is 573. The first kappa shape index (κ1) is 15.9. The number of sulfone groups is 1. The standard InChI is InChI=1S/C14H20BrNO3S/c1-3-20(17,18)13-12(14(13,8-16)9-19-2)10-4-6-11(15)7-5-10/h4-7,12-13H,3,8-9,16H2,1-2H3/t12-,13-,14-/m1/s1. The number of nitrogens with two attached hydrogens (primary N) is 1. The molecule has 0 amide bonds. The van der Waals surface area contributed by atoms with Gasteiger partial charge in [0, 0.05) is 35.2 Å². The van der Waals surface area contributed by atoms with E-state index in [1.807, 2.05) is 24.3 Å². The summed E-state index contributed by atoms with van der Waals surface area (Å²) >= 11 is 3.39. The van der Waals surface area contributed by atoms with E-state index >= 15 is 0 Å². The first-order valence-electron chi connectivity index (χ1n) is 6.59. The lowest BCUT2D eigenvalue weighted by atomic mass is 10.0. The highest BCUT2D eigenvalue weighted by atomic mass is 79.9. The van der Waals surface area contributed by atoms with E-state index in [0.717, 1.165) is 10.0 Å². The van der Waals surface area contributed by atoms with Crippen molar-refractivity contribution in [2.45, 2.75) is 18.1 Å². The summed E-state index contributed by atoms with van der Waals surface area (Å²) in [5, 5.41) is -0.439. The molecule has 112 valence electrons. The van der Waals surface area contributed by atoms with Gasteiger partial charge in [0.15, 0.2) is 9.84 Å². The third-order valence-corrected chi connectivity index (χ3v) is 7.04. The van der Waals surface area contributed by atoms with Crippen molar-refractivity contribution in [3.8, 4) is 0 Å². The van der Waals surface area contributed by atoms with Crippen LogP contribution in [-0.2, 0) is 14.6 Å². The van der Waals surface area contributed by atoms with Crippen molar-refractivity contribution in [3.63, 3.8) is 0 Å².